The van der Waals surface area contributed by atoms with Crippen LogP contribution in [0.3, 0.4) is 0 Å². The minimum atomic E-state index is 0.529. The van der Waals surface area contributed by atoms with Crippen LogP contribution in [0.4, 0.5) is 0 Å². The maximum absolute atomic E-state index is 4.88. The van der Waals surface area contributed by atoms with Gasteiger partial charge in [-0.1, -0.05) is 6.07 Å². The molecule has 2 fully saturated rings. The number of hydrogen-bond acceptors (Lipinski definition) is 3. The van der Waals surface area contributed by atoms with E-state index in [1.807, 2.05) is 11.3 Å². The van der Waals surface area contributed by atoms with Gasteiger partial charge in [-0.2, -0.15) is 0 Å². The van der Waals surface area contributed by atoms with Crippen molar-refractivity contribution in [3.8, 4) is 0 Å². The van der Waals surface area contributed by atoms with Crippen LogP contribution in [0.2, 0.25) is 0 Å². The fraction of sp³-hybridized carbons (Fsp3) is 0.706. The Hall–Kier alpha value is -1.07. The largest absolute Gasteiger partial charge is 0.357 e. The summed E-state index contributed by atoms with van der Waals surface area (Å²) >= 11 is 1.88. The summed E-state index contributed by atoms with van der Waals surface area (Å²) in [5.41, 5.74) is 0. The lowest BCUT2D eigenvalue weighted by molar-refractivity contribution is 0.128. The number of aliphatic imine (C=N–C) groups is 1. The highest BCUT2D eigenvalue weighted by Crippen LogP contribution is 2.37. The summed E-state index contributed by atoms with van der Waals surface area (Å²) < 4.78 is 0. The average molecular weight is 321 g/mol. The van der Waals surface area contributed by atoms with Gasteiger partial charge in [-0.25, -0.2) is 0 Å². The predicted molar refractivity (Wildman–Crippen MR) is 94.6 cm³/mol. The molecule has 1 aliphatic heterocycles. The van der Waals surface area contributed by atoms with Gasteiger partial charge in [0, 0.05) is 30.1 Å². The molecule has 0 amide bonds. The number of hydrogen-bond donors (Lipinski definition) is 2. The Kier molecular flexibility index (Phi) is 5.37. The second-order valence-corrected chi connectivity index (χ2v) is 7.46. The van der Waals surface area contributed by atoms with E-state index in [9.17, 15) is 0 Å². The third-order valence-corrected chi connectivity index (χ3v) is 5.53. The Morgan fingerprint density at radius 2 is 2.27 bits per heavy atom. The van der Waals surface area contributed by atoms with E-state index in [1.165, 1.54) is 37.1 Å². The molecule has 2 heterocycles. The summed E-state index contributed by atoms with van der Waals surface area (Å²) in [5, 5.41) is 9.09. The molecule has 1 saturated heterocycles. The zero-order valence-corrected chi connectivity index (χ0v) is 14.5. The molecule has 2 unspecified atom stereocenters. The summed E-state index contributed by atoms with van der Waals surface area (Å²) in [5.74, 6) is 1.62. The van der Waals surface area contributed by atoms with Gasteiger partial charge in [-0.3, -0.25) is 9.89 Å². The highest BCUT2D eigenvalue weighted by Gasteiger charge is 2.31. The molecule has 2 aliphatic rings. The zero-order chi connectivity index (χ0) is 15.4. The van der Waals surface area contributed by atoms with Crippen LogP contribution in [0.5, 0.6) is 0 Å². The number of rotatable bonds is 5. The van der Waals surface area contributed by atoms with Crippen LogP contribution < -0.4 is 10.6 Å². The fourth-order valence-electron chi connectivity index (χ4n) is 3.31. The molecule has 0 aromatic carbocycles. The van der Waals surface area contributed by atoms with Crippen molar-refractivity contribution in [2.24, 2.45) is 10.9 Å². The summed E-state index contributed by atoms with van der Waals surface area (Å²) in [4.78, 5) is 8.88. The first-order valence-corrected chi connectivity index (χ1v) is 9.44. The van der Waals surface area contributed by atoms with Gasteiger partial charge >= 0.3 is 0 Å². The predicted octanol–water partition coefficient (Wildman–Crippen LogP) is 2.85. The van der Waals surface area contributed by atoms with Gasteiger partial charge in [-0.15, -0.1) is 11.3 Å². The van der Waals surface area contributed by atoms with Crippen molar-refractivity contribution in [2.75, 3.05) is 26.7 Å². The van der Waals surface area contributed by atoms with Crippen molar-refractivity contribution in [1.29, 1.82) is 0 Å². The molecule has 1 aromatic heterocycles. The third-order valence-electron chi connectivity index (χ3n) is 4.59. The van der Waals surface area contributed by atoms with Gasteiger partial charge in [-0.05, 0) is 63.6 Å². The molecule has 5 heteroatoms. The number of likely N-dealkylation sites (tertiary alicyclic amines) is 1. The van der Waals surface area contributed by atoms with Crippen molar-refractivity contribution in [3.63, 3.8) is 0 Å². The molecule has 2 atom stereocenters. The summed E-state index contributed by atoms with van der Waals surface area (Å²) in [6.07, 6.45) is 5.13. The second kappa shape index (κ2) is 7.47. The summed E-state index contributed by atoms with van der Waals surface area (Å²) in [6, 6.07) is 5.63. The van der Waals surface area contributed by atoms with Crippen LogP contribution in [0, 0.1) is 5.92 Å². The van der Waals surface area contributed by atoms with Crippen LogP contribution in [-0.4, -0.2) is 43.6 Å². The fourth-order valence-corrected chi connectivity index (χ4v) is 4.29. The lowest BCUT2D eigenvalue weighted by Gasteiger charge is -2.38. The van der Waals surface area contributed by atoms with Crippen molar-refractivity contribution >= 4 is 17.3 Å². The van der Waals surface area contributed by atoms with Crippen molar-refractivity contribution in [3.05, 3.63) is 22.4 Å². The number of nitrogens with one attached hydrogen (secondary N) is 2. The smallest absolute Gasteiger partial charge is 0.191 e. The van der Waals surface area contributed by atoms with Gasteiger partial charge in [0.05, 0.1) is 0 Å². The van der Waals surface area contributed by atoms with Gasteiger partial charge in [0.15, 0.2) is 5.96 Å². The first-order chi connectivity index (χ1) is 10.8. The van der Waals surface area contributed by atoms with Gasteiger partial charge in [0.25, 0.3) is 0 Å². The van der Waals surface area contributed by atoms with Crippen LogP contribution in [0.1, 0.15) is 43.5 Å². The molecule has 0 spiro atoms. The Morgan fingerprint density at radius 1 is 1.41 bits per heavy atom. The molecule has 122 valence electrons. The maximum Gasteiger partial charge on any atom is 0.191 e. The van der Waals surface area contributed by atoms with E-state index in [1.54, 1.807) is 0 Å². The highest BCUT2D eigenvalue weighted by atomic mass is 32.1. The zero-order valence-electron chi connectivity index (χ0n) is 13.7. The second-order valence-electron chi connectivity index (χ2n) is 6.48. The van der Waals surface area contributed by atoms with E-state index in [0.717, 1.165) is 19.0 Å². The van der Waals surface area contributed by atoms with Crippen LogP contribution >= 0.6 is 11.3 Å². The highest BCUT2D eigenvalue weighted by molar-refractivity contribution is 7.10. The molecule has 0 bridgehead atoms. The minimum Gasteiger partial charge on any atom is -0.357 e. The number of piperidine rings is 1. The Labute approximate surface area is 138 Å². The van der Waals surface area contributed by atoms with Crippen LogP contribution in [0.25, 0.3) is 0 Å². The minimum absolute atomic E-state index is 0.529. The van der Waals surface area contributed by atoms with Gasteiger partial charge in [0.2, 0.25) is 0 Å². The molecule has 1 aliphatic carbocycles. The first kappa shape index (κ1) is 15.8. The van der Waals surface area contributed by atoms with E-state index in [-0.39, 0.29) is 0 Å². The van der Waals surface area contributed by atoms with E-state index in [0.29, 0.717) is 18.0 Å². The van der Waals surface area contributed by atoms with E-state index >= 15 is 0 Å². The SMILES string of the molecule is CCNC(=NCC1CCCN(C)C1c1cccs1)NC1CC1. The molecule has 0 radical (unpaired) electrons. The Bertz CT molecular complexity index is 481. The molecule has 3 rings (SSSR count). The summed E-state index contributed by atoms with van der Waals surface area (Å²) in [7, 11) is 2.26. The third kappa shape index (κ3) is 4.02. The molecule has 2 N–H and O–H groups in total. The van der Waals surface area contributed by atoms with Crippen LogP contribution in [-0.2, 0) is 0 Å². The van der Waals surface area contributed by atoms with E-state index in [4.69, 9.17) is 4.99 Å². The standard InChI is InChI=1S/C17H28N4S/c1-3-18-17(20-14-8-9-14)19-12-13-6-4-10-21(2)16(13)15-7-5-11-22-15/h5,7,11,13-14,16H,3-4,6,8-10,12H2,1-2H3,(H2,18,19,20). The topological polar surface area (TPSA) is 39.7 Å². The van der Waals surface area contributed by atoms with Crippen molar-refractivity contribution in [1.82, 2.24) is 15.5 Å². The first-order valence-electron chi connectivity index (χ1n) is 8.56. The lowest BCUT2D eigenvalue weighted by atomic mass is 9.88. The molecule has 1 aromatic rings. The number of guanidine groups is 1. The number of nitrogens with zero attached hydrogens (tertiary/aromatic N) is 2. The van der Waals surface area contributed by atoms with Crippen LogP contribution in [0.15, 0.2) is 22.5 Å². The van der Waals surface area contributed by atoms with Gasteiger partial charge in [0.1, 0.15) is 0 Å². The molecular formula is C17H28N4S. The maximum atomic E-state index is 4.88. The molecule has 4 nitrogen and oxygen atoms in total. The van der Waals surface area contributed by atoms with E-state index in [2.05, 4.69) is 47.0 Å². The van der Waals surface area contributed by atoms with Crippen molar-refractivity contribution < 1.29 is 0 Å². The lowest BCUT2D eigenvalue weighted by Crippen LogP contribution is -2.40. The quantitative estimate of drug-likeness (QED) is 0.647. The van der Waals surface area contributed by atoms with E-state index < -0.39 is 0 Å². The number of thiophene rings is 1. The Morgan fingerprint density at radius 3 is 2.95 bits per heavy atom. The molecular weight excluding hydrogens is 292 g/mol. The van der Waals surface area contributed by atoms with Gasteiger partial charge < -0.3 is 10.6 Å². The average Bonchev–Trinajstić information content (AvgIpc) is 3.16. The molecule has 1 saturated carbocycles. The molecule has 22 heavy (non-hydrogen) atoms. The van der Waals surface area contributed by atoms with Crippen molar-refractivity contribution in [2.45, 2.75) is 44.7 Å². The summed E-state index contributed by atoms with van der Waals surface area (Å²) in [6.45, 7) is 5.17. The Balaban J connectivity index is 1.67. The monoisotopic (exact) mass is 320 g/mol. The normalized spacial score (nSPS) is 26.9.